The van der Waals surface area contributed by atoms with Gasteiger partial charge in [-0.1, -0.05) is 30.3 Å². The van der Waals surface area contributed by atoms with Crippen LogP contribution < -0.4 is 19.6 Å². The first kappa shape index (κ1) is 29.1. The van der Waals surface area contributed by atoms with E-state index in [0.717, 1.165) is 5.56 Å². The number of methoxy groups -OCH3 is 1. The van der Waals surface area contributed by atoms with Crippen molar-refractivity contribution < 1.29 is 23.7 Å². The van der Waals surface area contributed by atoms with Gasteiger partial charge in [-0.25, -0.2) is 10.4 Å². The maximum absolute atomic E-state index is 12.3. The molecular weight excluding hydrogens is 620 g/mol. The molecule has 0 fully saturated rings. The molecule has 3 rings (SSSR count). The smallest absolute Gasteiger partial charge is 0.278 e. The van der Waals surface area contributed by atoms with Gasteiger partial charge in [0.2, 0.25) is 5.88 Å². The van der Waals surface area contributed by atoms with Crippen LogP contribution in [-0.2, 0) is 22.7 Å². The van der Waals surface area contributed by atoms with Crippen LogP contribution in [0.2, 0.25) is 0 Å². The molecule has 2 aromatic carbocycles. The van der Waals surface area contributed by atoms with Gasteiger partial charge in [0.05, 0.1) is 29.6 Å². The van der Waals surface area contributed by atoms with Gasteiger partial charge < -0.3 is 18.9 Å². The highest BCUT2D eigenvalue weighted by Crippen LogP contribution is 2.37. The molecule has 0 aliphatic heterocycles. The Labute approximate surface area is 238 Å². The zero-order chi connectivity index (χ0) is 27.5. The van der Waals surface area contributed by atoms with Gasteiger partial charge in [0, 0.05) is 17.1 Å². The van der Waals surface area contributed by atoms with E-state index in [1.807, 2.05) is 37.3 Å². The third kappa shape index (κ3) is 7.77. The number of rotatable bonds is 12. The number of nitriles is 1. The molecule has 1 aromatic heterocycles. The average molecular weight is 646 g/mol. The molecule has 1 heterocycles. The van der Waals surface area contributed by atoms with Gasteiger partial charge in [0.1, 0.15) is 18.2 Å². The van der Waals surface area contributed by atoms with E-state index in [1.54, 1.807) is 19.1 Å². The lowest BCUT2D eigenvalue weighted by Gasteiger charge is -2.14. The quantitative estimate of drug-likeness (QED) is 0.206. The molecule has 0 unspecified atom stereocenters. The van der Waals surface area contributed by atoms with Crippen LogP contribution in [0.3, 0.4) is 0 Å². The third-order valence-corrected chi connectivity index (χ3v) is 6.71. The van der Waals surface area contributed by atoms with E-state index in [9.17, 15) is 10.1 Å². The second-order valence-corrected chi connectivity index (χ2v) is 9.48. The highest BCUT2D eigenvalue weighted by Gasteiger charge is 2.18. The van der Waals surface area contributed by atoms with Crippen LogP contribution in [0.15, 0.2) is 56.5 Å². The fourth-order valence-corrected chi connectivity index (χ4v) is 4.33. The number of nitrogens with zero attached hydrogens (tertiary/aromatic N) is 3. The van der Waals surface area contributed by atoms with E-state index < -0.39 is 5.91 Å². The van der Waals surface area contributed by atoms with Gasteiger partial charge in [-0.2, -0.15) is 10.4 Å². The Bertz CT molecular complexity index is 1340. The predicted octanol–water partition coefficient (Wildman–Crippen LogP) is 5.44. The zero-order valence-corrected chi connectivity index (χ0v) is 24.3. The third-order valence-electron chi connectivity index (χ3n) is 5.07. The summed E-state index contributed by atoms with van der Waals surface area (Å²) in [6, 6.07) is 15.5. The number of amides is 1. The number of carbonyl (C=O) groups is 1. The number of aryl methyl sites for hydroxylation is 1. The molecule has 1 N–H and O–H groups in total. The number of hydrogen-bond donors (Lipinski definition) is 1. The van der Waals surface area contributed by atoms with Gasteiger partial charge in [-0.3, -0.25) is 4.79 Å². The molecule has 0 radical (unpaired) electrons. The molecule has 0 aliphatic rings. The number of aromatic nitrogens is 1. The number of pyridine rings is 1. The van der Waals surface area contributed by atoms with E-state index in [-0.39, 0.29) is 24.7 Å². The van der Waals surface area contributed by atoms with Gasteiger partial charge in [-0.15, -0.1) is 0 Å². The Morgan fingerprint density at radius 2 is 1.92 bits per heavy atom. The van der Waals surface area contributed by atoms with Crippen LogP contribution in [0.5, 0.6) is 17.4 Å². The maximum Gasteiger partial charge on any atom is 0.278 e. The molecule has 0 saturated heterocycles. The van der Waals surface area contributed by atoms with Crippen molar-refractivity contribution in [1.82, 2.24) is 10.4 Å². The first-order chi connectivity index (χ1) is 18.4. The molecule has 0 spiro atoms. The maximum atomic E-state index is 12.3. The molecule has 3 aromatic rings. The highest BCUT2D eigenvalue weighted by molar-refractivity contribution is 9.10. The predicted molar refractivity (Wildman–Crippen MR) is 149 cm³/mol. The minimum atomic E-state index is -0.521. The van der Waals surface area contributed by atoms with Crippen LogP contribution in [0, 0.1) is 18.3 Å². The zero-order valence-electron chi connectivity index (χ0n) is 21.1. The van der Waals surface area contributed by atoms with Gasteiger partial charge >= 0.3 is 0 Å². The number of halogens is 2. The normalized spacial score (nSPS) is 10.7. The minimum absolute atomic E-state index is 0.0516. The molecule has 38 heavy (non-hydrogen) atoms. The molecular formula is C27H26Br2N4O5. The fourth-order valence-electron chi connectivity index (χ4n) is 3.35. The summed E-state index contributed by atoms with van der Waals surface area (Å²) < 4.78 is 23.8. The summed E-state index contributed by atoms with van der Waals surface area (Å²) in [6.45, 7) is 4.28. The van der Waals surface area contributed by atoms with Crippen molar-refractivity contribution in [3.8, 4) is 23.4 Å². The average Bonchev–Trinajstić information content (AvgIpc) is 2.90. The first-order valence-corrected chi connectivity index (χ1v) is 13.1. The van der Waals surface area contributed by atoms with E-state index >= 15 is 0 Å². The molecule has 1 amide bonds. The SMILES string of the molecule is CCOc1cc(/C=N\NC(=O)COc2nc(C)c(Br)c(COC)c2C#N)cc(Br)c1OCc1ccccc1. The van der Waals surface area contributed by atoms with Crippen molar-refractivity contribution in [2.24, 2.45) is 5.10 Å². The lowest BCUT2D eigenvalue weighted by atomic mass is 10.1. The summed E-state index contributed by atoms with van der Waals surface area (Å²) in [5.74, 6) is 0.647. The lowest BCUT2D eigenvalue weighted by molar-refractivity contribution is -0.123. The second kappa shape index (κ2) is 14.5. The summed E-state index contributed by atoms with van der Waals surface area (Å²) in [7, 11) is 1.52. The van der Waals surface area contributed by atoms with Gasteiger partial charge in [-0.05, 0) is 69.0 Å². The number of ether oxygens (including phenoxy) is 4. The lowest BCUT2D eigenvalue weighted by Crippen LogP contribution is -2.25. The van der Waals surface area contributed by atoms with Crippen molar-refractivity contribution in [3.05, 3.63) is 79.4 Å². The standard InChI is InChI=1S/C27H26Br2N4O5/c1-4-36-23-11-19(10-22(28)26(23)37-14-18-8-6-5-7-9-18)13-31-33-24(34)16-38-27-20(12-30)21(15-35-3)25(29)17(2)32-27/h5-11,13H,4,14-16H2,1-3H3,(H,33,34)/b31-13-. The summed E-state index contributed by atoms with van der Waals surface area (Å²) >= 11 is 6.95. The van der Waals surface area contributed by atoms with Gasteiger partial charge in [0.25, 0.3) is 5.91 Å². The topological polar surface area (TPSA) is 115 Å². The summed E-state index contributed by atoms with van der Waals surface area (Å²) in [5, 5.41) is 13.6. The second-order valence-electron chi connectivity index (χ2n) is 7.83. The van der Waals surface area contributed by atoms with E-state index in [4.69, 9.17) is 18.9 Å². The number of carbonyl (C=O) groups excluding carboxylic acids is 1. The largest absolute Gasteiger partial charge is 0.490 e. The van der Waals surface area contributed by atoms with E-state index in [0.29, 0.717) is 50.5 Å². The van der Waals surface area contributed by atoms with Crippen molar-refractivity contribution in [1.29, 1.82) is 5.26 Å². The molecule has 9 nitrogen and oxygen atoms in total. The van der Waals surface area contributed by atoms with Crippen LogP contribution >= 0.6 is 31.9 Å². The van der Waals surface area contributed by atoms with Crippen molar-refractivity contribution in [3.63, 3.8) is 0 Å². The van der Waals surface area contributed by atoms with Crippen LogP contribution in [0.25, 0.3) is 0 Å². The molecule has 11 heteroatoms. The van der Waals surface area contributed by atoms with Crippen molar-refractivity contribution >= 4 is 44.0 Å². The van der Waals surface area contributed by atoms with Gasteiger partial charge in [0.15, 0.2) is 18.1 Å². The molecule has 0 aliphatic carbocycles. The first-order valence-electron chi connectivity index (χ1n) is 11.5. The van der Waals surface area contributed by atoms with Crippen molar-refractivity contribution in [2.45, 2.75) is 27.1 Å². The fraction of sp³-hybridized carbons (Fsp3) is 0.259. The molecule has 0 bridgehead atoms. The van der Waals surface area contributed by atoms with Crippen molar-refractivity contribution in [2.75, 3.05) is 20.3 Å². The molecule has 198 valence electrons. The Hall–Kier alpha value is -3.46. The van der Waals surface area contributed by atoms with E-state index in [1.165, 1.54) is 13.3 Å². The Balaban J connectivity index is 1.65. The number of nitrogens with one attached hydrogen (secondary N) is 1. The molecule has 0 saturated carbocycles. The van der Waals surface area contributed by atoms with Crippen LogP contribution in [-0.4, -0.2) is 37.4 Å². The number of benzene rings is 2. The van der Waals surface area contributed by atoms with E-state index in [2.05, 4.69) is 53.4 Å². The highest BCUT2D eigenvalue weighted by atomic mass is 79.9. The Morgan fingerprint density at radius 1 is 1.16 bits per heavy atom. The summed E-state index contributed by atoms with van der Waals surface area (Å²) in [6.07, 6.45) is 1.48. The Morgan fingerprint density at radius 3 is 2.61 bits per heavy atom. The van der Waals surface area contributed by atoms with Crippen LogP contribution in [0.1, 0.15) is 34.9 Å². The number of hydrogen-bond acceptors (Lipinski definition) is 8. The monoisotopic (exact) mass is 644 g/mol. The Kier molecular flexibility index (Phi) is 11.1. The number of hydrazone groups is 1. The summed E-state index contributed by atoms with van der Waals surface area (Å²) in [4.78, 5) is 16.6. The molecule has 0 atom stereocenters. The van der Waals surface area contributed by atoms with Crippen LogP contribution in [0.4, 0.5) is 0 Å². The minimum Gasteiger partial charge on any atom is -0.490 e. The summed E-state index contributed by atoms with van der Waals surface area (Å²) in [5.41, 5.74) is 5.52.